The largest absolute Gasteiger partial charge is 0.482 e. The maximum Gasteiger partial charge on any atom is 0.344 e. The first-order valence-corrected chi connectivity index (χ1v) is 6.43. The van der Waals surface area contributed by atoms with Gasteiger partial charge in [-0.2, -0.15) is 0 Å². The lowest BCUT2D eigenvalue weighted by Gasteiger charge is -2.22. The van der Waals surface area contributed by atoms with Crippen LogP contribution in [-0.4, -0.2) is 32.1 Å². The van der Waals surface area contributed by atoms with E-state index in [0.29, 0.717) is 5.75 Å². The quantitative estimate of drug-likeness (QED) is 0.832. The van der Waals surface area contributed by atoms with E-state index in [9.17, 15) is 9.59 Å². The van der Waals surface area contributed by atoms with E-state index < -0.39 is 5.97 Å². The van der Waals surface area contributed by atoms with Crippen molar-refractivity contribution in [3.8, 4) is 5.75 Å². The van der Waals surface area contributed by atoms with E-state index in [-0.39, 0.29) is 24.5 Å². The summed E-state index contributed by atoms with van der Waals surface area (Å²) in [6, 6.07) is 7.55. The summed E-state index contributed by atoms with van der Waals surface area (Å²) in [6.07, 6.45) is 0. The van der Waals surface area contributed by atoms with Crippen molar-refractivity contribution in [2.45, 2.75) is 26.2 Å². The predicted octanol–water partition coefficient (Wildman–Crippen LogP) is 1.65. The number of nitrogens with one attached hydrogen (secondary N) is 1. The van der Waals surface area contributed by atoms with Crippen LogP contribution in [0.5, 0.6) is 5.75 Å². The van der Waals surface area contributed by atoms with Crippen molar-refractivity contribution >= 4 is 11.9 Å². The van der Waals surface area contributed by atoms with Crippen molar-refractivity contribution in [3.63, 3.8) is 0 Å². The van der Waals surface area contributed by atoms with Crippen LogP contribution in [0.3, 0.4) is 0 Å². The summed E-state index contributed by atoms with van der Waals surface area (Å²) in [4.78, 5) is 22.4. The number of ether oxygens (including phenoxy) is 2. The molecule has 0 fully saturated rings. The minimum Gasteiger partial charge on any atom is -0.482 e. The molecule has 0 bridgehead atoms. The summed E-state index contributed by atoms with van der Waals surface area (Å²) in [5.41, 5.74) is 0.932. The highest BCUT2D eigenvalue weighted by Crippen LogP contribution is 2.30. The van der Waals surface area contributed by atoms with E-state index >= 15 is 0 Å². The molecule has 110 valence electrons. The van der Waals surface area contributed by atoms with Gasteiger partial charge in [-0.1, -0.05) is 39.0 Å². The van der Waals surface area contributed by atoms with Gasteiger partial charge in [0.25, 0.3) is 5.91 Å². The third-order valence-corrected chi connectivity index (χ3v) is 2.68. The topological polar surface area (TPSA) is 64.6 Å². The van der Waals surface area contributed by atoms with Crippen LogP contribution in [-0.2, 0) is 19.7 Å². The smallest absolute Gasteiger partial charge is 0.344 e. The minimum atomic E-state index is -0.572. The van der Waals surface area contributed by atoms with E-state index in [4.69, 9.17) is 9.47 Å². The van der Waals surface area contributed by atoms with Crippen LogP contribution in [0.25, 0.3) is 0 Å². The lowest BCUT2D eigenvalue weighted by atomic mass is 9.86. The van der Waals surface area contributed by atoms with Gasteiger partial charge in [0.15, 0.2) is 13.2 Å². The fourth-order valence-electron chi connectivity index (χ4n) is 1.61. The molecule has 0 aliphatic heterocycles. The molecule has 1 aromatic rings. The summed E-state index contributed by atoms with van der Waals surface area (Å²) in [7, 11) is 1.48. The first-order chi connectivity index (χ1) is 9.34. The number of carbonyl (C=O) groups excluding carboxylic acids is 2. The van der Waals surface area contributed by atoms with Crippen LogP contribution in [0, 0.1) is 0 Å². The van der Waals surface area contributed by atoms with Gasteiger partial charge in [-0.05, 0) is 17.0 Å². The van der Waals surface area contributed by atoms with Gasteiger partial charge in [0.1, 0.15) is 5.75 Å². The Morgan fingerprint density at radius 1 is 1.15 bits per heavy atom. The Labute approximate surface area is 119 Å². The number of hydrogen-bond donors (Lipinski definition) is 1. The van der Waals surface area contributed by atoms with Crippen LogP contribution in [0.15, 0.2) is 24.3 Å². The van der Waals surface area contributed by atoms with Gasteiger partial charge in [-0.15, -0.1) is 0 Å². The number of benzene rings is 1. The molecule has 0 heterocycles. The van der Waals surface area contributed by atoms with Crippen LogP contribution < -0.4 is 10.1 Å². The fourth-order valence-corrected chi connectivity index (χ4v) is 1.61. The Morgan fingerprint density at radius 2 is 1.80 bits per heavy atom. The third kappa shape index (κ3) is 4.91. The Balaban J connectivity index is 2.58. The second-order valence-electron chi connectivity index (χ2n) is 5.37. The van der Waals surface area contributed by atoms with Gasteiger partial charge in [0.2, 0.25) is 0 Å². The van der Waals surface area contributed by atoms with Crippen molar-refractivity contribution in [2.24, 2.45) is 0 Å². The highest BCUT2D eigenvalue weighted by Gasteiger charge is 2.19. The average Bonchev–Trinajstić information content (AvgIpc) is 2.41. The van der Waals surface area contributed by atoms with Crippen LogP contribution in [0.2, 0.25) is 0 Å². The molecule has 0 aliphatic carbocycles. The highest BCUT2D eigenvalue weighted by molar-refractivity contribution is 5.80. The Bertz CT molecular complexity index is 477. The molecule has 0 saturated carbocycles. The van der Waals surface area contributed by atoms with Gasteiger partial charge in [0.05, 0.1) is 0 Å². The summed E-state index contributed by atoms with van der Waals surface area (Å²) >= 11 is 0. The molecule has 0 spiro atoms. The van der Waals surface area contributed by atoms with Crippen molar-refractivity contribution in [1.29, 1.82) is 0 Å². The molecule has 0 aliphatic rings. The molecule has 5 nitrogen and oxygen atoms in total. The van der Waals surface area contributed by atoms with E-state index in [1.807, 2.05) is 24.3 Å². The molecule has 0 radical (unpaired) electrons. The zero-order chi connectivity index (χ0) is 15.2. The molecule has 1 N–H and O–H groups in total. The summed E-state index contributed by atoms with van der Waals surface area (Å²) in [5, 5.41) is 2.37. The van der Waals surface area contributed by atoms with Crippen molar-refractivity contribution in [2.75, 3.05) is 20.3 Å². The maximum atomic E-state index is 11.5. The Morgan fingerprint density at radius 3 is 2.40 bits per heavy atom. The minimum absolute atomic E-state index is 0.0808. The molecule has 1 rings (SSSR count). The molecule has 0 aromatic heterocycles. The molecule has 0 atom stereocenters. The van der Waals surface area contributed by atoms with Crippen molar-refractivity contribution in [3.05, 3.63) is 29.8 Å². The molecule has 1 aromatic carbocycles. The lowest BCUT2D eigenvalue weighted by molar-refractivity contribution is -0.150. The van der Waals surface area contributed by atoms with E-state index in [0.717, 1.165) is 5.56 Å². The second-order valence-corrected chi connectivity index (χ2v) is 5.37. The van der Waals surface area contributed by atoms with Crippen LogP contribution in [0.1, 0.15) is 26.3 Å². The Kier molecular flexibility index (Phi) is 5.55. The Hall–Kier alpha value is -2.04. The van der Waals surface area contributed by atoms with Crippen molar-refractivity contribution in [1.82, 2.24) is 5.32 Å². The molecule has 20 heavy (non-hydrogen) atoms. The maximum absolute atomic E-state index is 11.5. The first-order valence-electron chi connectivity index (χ1n) is 6.43. The second kappa shape index (κ2) is 6.93. The molecular weight excluding hydrogens is 258 g/mol. The van der Waals surface area contributed by atoms with E-state index in [1.54, 1.807) is 0 Å². The number of hydrogen-bond acceptors (Lipinski definition) is 4. The fraction of sp³-hybridized carbons (Fsp3) is 0.467. The predicted molar refractivity (Wildman–Crippen MR) is 75.7 cm³/mol. The van der Waals surface area contributed by atoms with E-state index in [2.05, 4.69) is 26.1 Å². The number of esters is 1. The monoisotopic (exact) mass is 279 g/mol. The standard InChI is InChI=1S/C15H21NO4/c1-15(2,3)11-7-5-6-8-12(11)19-10-14(18)20-9-13(17)16-4/h5-8H,9-10H2,1-4H3,(H,16,17). The van der Waals surface area contributed by atoms with Gasteiger partial charge in [-0.25, -0.2) is 4.79 Å². The normalized spacial score (nSPS) is 10.8. The number of para-hydroxylation sites is 1. The zero-order valence-electron chi connectivity index (χ0n) is 12.4. The summed E-state index contributed by atoms with van der Waals surface area (Å²) in [5.74, 6) is -0.275. The van der Waals surface area contributed by atoms with Gasteiger partial charge in [0, 0.05) is 7.05 Å². The van der Waals surface area contributed by atoms with E-state index in [1.165, 1.54) is 7.05 Å². The molecule has 5 heteroatoms. The SMILES string of the molecule is CNC(=O)COC(=O)COc1ccccc1C(C)(C)C. The number of carbonyl (C=O) groups is 2. The average molecular weight is 279 g/mol. The summed E-state index contributed by atoms with van der Waals surface area (Å²) in [6.45, 7) is 5.70. The van der Waals surface area contributed by atoms with Crippen LogP contribution >= 0.6 is 0 Å². The van der Waals surface area contributed by atoms with Gasteiger partial charge in [-0.3, -0.25) is 4.79 Å². The lowest BCUT2D eigenvalue weighted by Crippen LogP contribution is -2.27. The summed E-state index contributed by atoms with van der Waals surface area (Å²) < 4.78 is 10.3. The van der Waals surface area contributed by atoms with Gasteiger partial charge < -0.3 is 14.8 Å². The molecular formula is C15H21NO4. The van der Waals surface area contributed by atoms with Crippen molar-refractivity contribution < 1.29 is 19.1 Å². The number of likely N-dealkylation sites (N-methyl/N-ethyl adjacent to an activating group) is 1. The molecule has 0 saturated heterocycles. The van der Waals surface area contributed by atoms with Gasteiger partial charge >= 0.3 is 5.97 Å². The zero-order valence-corrected chi connectivity index (χ0v) is 12.4. The highest BCUT2D eigenvalue weighted by atomic mass is 16.6. The molecule has 1 amide bonds. The number of rotatable bonds is 5. The molecule has 0 unspecified atom stereocenters. The number of amides is 1. The third-order valence-electron chi connectivity index (χ3n) is 2.68. The first kappa shape index (κ1) is 16.0. The van der Waals surface area contributed by atoms with Crippen LogP contribution in [0.4, 0.5) is 0 Å².